The number of hydrogen-bond donors (Lipinski definition) is 0. The van der Waals surface area contributed by atoms with Crippen molar-refractivity contribution in [3.8, 4) is 0 Å². The van der Waals surface area contributed by atoms with Crippen molar-refractivity contribution in [2.45, 2.75) is 6.54 Å². The Morgan fingerprint density at radius 2 is 1.56 bits per heavy atom. The van der Waals surface area contributed by atoms with Crippen LogP contribution in [0, 0.1) is 0 Å². The van der Waals surface area contributed by atoms with Crippen molar-refractivity contribution in [1.29, 1.82) is 0 Å². The summed E-state index contributed by atoms with van der Waals surface area (Å²) in [4.78, 5) is 10.6. The summed E-state index contributed by atoms with van der Waals surface area (Å²) in [6.45, 7) is 0.696. The van der Waals surface area contributed by atoms with Gasteiger partial charge in [-0.1, -0.05) is 29.3 Å². The van der Waals surface area contributed by atoms with Crippen LogP contribution in [-0.4, -0.2) is 14.5 Å². The molecule has 1 aromatic carbocycles. The van der Waals surface area contributed by atoms with Crippen LogP contribution in [0.25, 0.3) is 0 Å². The third kappa shape index (κ3) is 3.97. The largest absolute Gasteiger partial charge is 0.330 e. The molecular formula is C21H16Cl2N4. The van der Waals surface area contributed by atoms with Crippen molar-refractivity contribution in [2.75, 3.05) is 4.90 Å². The topological polar surface area (TPSA) is 34.0 Å². The number of anilines is 3. The van der Waals surface area contributed by atoms with Gasteiger partial charge in [-0.25, -0.2) is 0 Å². The average Bonchev–Trinajstić information content (AvgIpc) is 3.11. The van der Waals surface area contributed by atoms with E-state index in [0.29, 0.717) is 16.6 Å². The molecule has 0 aliphatic carbocycles. The predicted molar refractivity (Wildman–Crippen MR) is 110 cm³/mol. The zero-order chi connectivity index (χ0) is 18.6. The van der Waals surface area contributed by atoms with Crippen LogP contribution in [-0.2, 0) is 6.54 Å². The molecule has 4 aromatic rings. The first-order chi connectivity index (χ1) is 13.2. The minimum atomic E-state index is 0.580. The summed E-state index contributed by atoms with van der Waals surface area (Å²) in [5.41, 5.74) is 2.90. The third-order valence-corrected chi connectivity index (χ3v) is 4.56. The van der Waals surface area contributed by atoms with Gasteiger partial charge in [0.15, 0.2) is 0 Å². The Balaban J connectivity index is 1.82. The zero-order valence-electron chi connectivity index (χ0n) is 14.3. The summed E-state index contributed by atoms with van der Waals surface area (Å²) in [7, 11) is 0. The molecule has 0 saturated heterocycles. The van der Waals surface area contributed by atoms with E-state index in [9.17, 15) is 0 Å². The highest BCUT2D eigenvalue weighted by Crippen LogP contribution is 2.37. The fourth-order valence-electron chi connectivity index (χ4n) is 3.00. The highest BCUT2D eigenvalue weighted by Gasteiger charge is 2.17. The molecule has 3 heterocycles. The lowest BCUT2D eigenvalue weighted by Crippen LogP contribution is -2.15. The quantitative estimate of drug-likeness (QED) is 0.409. The van der Waals surface area contributed by atoms with Crippen LogP contribution in [0.3, 0.4) is 0 Å². The molecule has 0 bridgehead atoms. The second kappa shape index (κ2) is 7.82. The van der Waals surface area contributed by atoms with Gasteiger partial charge in [-0.05, 0) is 54.1 Å². The maximum atomic E-state index is 6.27. The van der Waals surface area contributed by atoms with Crippen LogP contribution >= 0.6 is 23.2 Å². The Labute approximate surface area is 167 Å². The molecule has 4 rings (SSSR count). The van der Waals surface area contributed by atoms with E-state index in [0.717, 1.165) is 22.8 Å². The summed E-state index contributed by atoms with van der Waals surface area (Å²) >= 11 is 12.5. The molecule has 0 fully saturated rings. The van der Waals surface area contributed by atoms with E-state index in [2.05, 4.69) is 31.6 Å². The van der Waals surface area contributed by atoms with Crippen molar-refractivity contribution in [2.24, 2.45) is 0 Å². The predicted octanol–water partition coefficient (Wildman–Crippen LogP) is 6.10. The van der Waals surface area contributed by atoms with Gasteiger partial charge in [0.2, 0.25) is 0 Å². The number of nitrogens with zero attached hydrogens (tertiary/aromatic N) is 4. The van der Waals surface area contributed by atoms with Crippen molar-refractivity contribution in [1.82, 2.24) is 14.5 Å². The maximum Gasteiger partial charge on any atom is 0.118 e. The fourth-order valence-corrected chi connectivity index (χ4v) is 3.51. The Morgan fingerprint density at radius 1 is 0.815 bits per heavy atom. The highest BCUT2D eigenvalue weighted by atomic mass is 35.5. The van der Waals surface area contributed by atoms with Crippen LogP contribution in [0.4, 0.5) is 17.2 Å². The minimum Gasteiger partial charge on any atom is -0.330 e. The van der Waals surface area contributed by atoms with Crippen molar-refractivity contribution in [3.05, 3.63) is 101 Å². The smallest absolute Gasteiger partial charge is 0.118 e. The van der Waals surface area contributed by atoms with Crippen LogP contribution in [0.2, 0.25) is 10.0 Å². The average molecular weight is 395 g/mol. The molecule has 0 aliphatic heterocycles. The van der Waals surface area contributed by atoms with E-state index < -0.39 is 0 Å². The molecule has 0 unspecified atom stereocenters. The van der Waals surface area contributed by atoms with Crippen molar-refractivity contribution in [3.63, 3.8) is 0 Å². The van der Waals surface area contributed by atoms with E-state index >= 15 is 0 Å². The van der Waals surface area contributed by atoms with Crippen LogP contribution in [0.5, 0.6) is 0 Å². The Morgan fingerprint density at radius 3 is 2.22 bits per heavy atom. The van der Waals surface area contributed by atoms with E-state index in [1.807, 2.05) is 55.0 Å². The van der Waals surface area contributed by atoms with E-state index in [-0.39, 0.29) is 0 Å². The SMILES string of the molecule is Clc1cc(Cl)cc(N(c2cccnc2)c2cccn2Cc2cccnc2)c1. The molecular weight excluding hydrogens is 379 g/mol. The number of halogens is 2. The van der Waals surface area contributed by atoms with E-state index in [1.165, 1.54) is 0 Å². The zero-order valence-corrected chi connectivity index (χ0v) is 15.8. The van der Waals surface area contributed by atoms with Gasteiger partial charge >= 0.3 is 0 Å². The first kappa shape index (κ1) is 17.6. The van der Waals surface area contributed by atoms with Crippen molar-refractivity contribution >= 4 is 40.4 Å². The molecule has 4 nitrogen and oxygen atoms in total. The standard InChI is InChI=1S/C21H16Cl2N4/c22-17-10-18(23)12-20(11-17)27(19-5-2-8-25-14-19)21-6-3-9-26(21)15-16-4-1-7-24-13-16/h1-14H,15H2. The summed E-state index contributed by atoms with van der Waals surface area (Å²) < 4.78 is 2.15. The number of rotatable bonds is 5. The summed E-state index contributed by atoms with van der Waals surface area (Å²) in [5.74, 6) is 0.977. The molecule has 6 heteroatoms. The summed E-state index contributed by atoms with van der Waals surface area (Å²) in [5, 5.41) is 1.16. The summed E-state index contributed by atoms with van der Waals surface area (Å²) in [6, 6.07) is 17.5. The molecule has 134 valence electrons. The fraction of sp³-hybridized carbons (Fsp3) is 0.0476. The monoisotopic (exact) mass is 394 g/mol. The van der Waals surface area contributed by atoms with Crippen LogP contribution < -0.4 is 4.90 Å². The van der Waals surface area contributed by atoms with Crippen LogP contribution in [0.15, 0.2) is 85.6 Å². The normalized spacial score (nSPS) is 10.7. The van der Waals surface area contributed by atoms with Gasteiger partial charge in [-0.3, -0.25) is 14.9 Å². The molecule has 0 aliphatic rings. The van der Waals surface area contributed by atoms with Crippen LogP contribution in [0.1, 0.15) is 5.56 Å². The second-order valence-electron chi connectivity index (χ2n) is 6.03. The van der Waals surface area contributed by atoms with Gasteiger partial charge in [0, 0.05) is 34.8 Å². The lowest BCUT2D eigenvalue weighted by Gasteiger charge is -2.26. The van der Waals surface area contributed by atoms with Gasteiger partial charge in [0.25, 0.3) is 0 Å². The lowest BCUT2D eigenvalue weighted by molar-refractivity contribution is 0.798. The molecule has 0 saturated carbocycles. The van der Waals surface area contributed by atoms with E-state index in [1.54, 1.807) is 18.5 Å². The Bertz CT molecular complexity index is 1010. The van der Waals surface area contributed by atoms with Gasteiger partial charge < -0.3 is 4.57 Å². The minimum absolute atomic E-state index is 0.580. The molecule has 0 N–H and O–H groups in total. The number of hydrogen-bond acceptors (Lipinski definition) is 3. The molecule has 0 spiro atoms. The third-order valence-electron chi connectivity index (χ3n) is 4.12. The number of aromatic nitrogens is 3. The van der Waals surface area contributed by atoms with E-state index in [4.69, 9.17) is 23.2 Å². The number of benzene rings is 1. The second-order valence-corrected chi connectivity index (χ2v) is 6.90. The van der Waals surface area contributed by atoms with Gasteiger partial charge in [0.05, 0.1) is 24.1 Å². The molecule has 27 heavy (non-hydrogen) atoms. The number of pyridine rings is 2. The molecule has 0 amide bonds. The molecule has 0 atom stereocenters. The molecule has 0 radical (unpaired) electrons. The lowest BCUT2D eigenvalue weighted by atomic mass is 10.2. The first-order valence-electron chi connectivity index (χ1n) is 8.41. The first-order valence-corrected chi connectivity index (χ1v) is 9.16. The highest BCUT2D eigenvalue weighted by molar-refractivity contribution is 6.35. The van der Waals surface area contributed by atoms with Gasteiger partial charge in [-0.15, -0.1) is 0 Å². The van der Waals surface area contributed by atoms with Crippen molar-refractivity contribution < 1.29 is 0 Å². The Kier molecular flexibility index (Phi) is 5.10. The molecule has 3 aromatic heterocycles. The Hall–Kier alpha value is -2.82. The van der Waals surface area contributed by atoms with Gasteiger partial charge in [-0.2, -0.15) is 0 Å². The summed E-state index contributed by atoms with van der Waals surface area (Å²) in [6.07, 6.45) is 9.25. The van der Waals surface area contributed by atoms with Gasteiger partial charge in [0.1, 0.15) is 5.82 Å². The maximum absolute atomic E-state index is 6.27.